The summed E-state index contributed by atoms with van der Waals surface area (Å²) < 4.78 is 28.9. The van der Waals surface area contributed by atoms with E-state index in [0.29, 0.717) is 49.1 Å². The quantitative estimate of drug-likeness (QED) is 0.555. The largest absolute Gasteiger partial charge is 0.312 e. The van der Waals surface area contributed by atoms with Crippen LogP contribution < -0.4 is 0 Å². The van der Waals surface area contributed by atoms with Crippen molar-refractivity contribution in [2.75, 3.05) is 26.2 Å². The van der Waals surface area contributed by atoms with Gasteiger partial charge in [0.1, 0.15) is 11.4 Å². The summed E-state index contributed by atoms with van der Waals surface area (Å²) in [5.74, 6) is 0. The molecule has 9 nitrogen and oxygen atoms in total. The molecule has 0 unspecified atom stereocenters. The molecule has 152 valence electrons. The summed E-state index contributed by atoms with van der Waals surface area (Å²) in [6.45, 7) is 9.37. The van der Waals surface area contributed by atoms with Crippen molar-refractivity contribution in [1.82, 2.24) is 19.0 Å². The van der Waals surface area contributed by atoms with E-state index in [1.54, 1.807) is 30.7 Å². The zero-order valence-corrected chi connectivity index (χ0v) is 17.4. The van der Waals surface area contributed by atoms with E-state index < -0.39 is 14.9 Å². The smallest absolute Gasteiger partial charge is 0.282 e. The number of rotatable bonds is 5. The molecule has 0 radical (unpaired) electrons. The first-order valence-corrected chi connectivity index (χ1v) is 10.5. The summed E-state index contributed by atoms with van der Waals surface area (Å²) in [7, 11) is -3.52. The Balaban J connectivity index is 1.68. The average Bonchev–Trinajstić information content (AvgIpc) is 2.91. The second kappa shape index (κ2) is 7.61. The fourth-order valence-electron chi connectivity index (χ4n) is 3.41. The summed E-state index contributed by atoms with van der Waals surface area (Å²) in [4.78, 5) is 13.1. The number of nitrogens with zero attached hydrogens (tertiary/aromatic N) is 5. The number of aromatic nitrogens is 2. The highest BCUT2D eigenvalue weighted by Gasteiger charge is 2.30. The maximum atomic E-state index is 12.9. The molecule has 1 saturated heterocycles. The molecule has 0 saturated carbocycles. The molecule has 0 aliphatic carbocycles. The van der Waals surface area contributed by atoms with Gasteiger partial charge in [-0.1, -0.05) is 6.07 Å². The number of hydrogen-bond acceptors (Lipinski definition) is 6. The van der Waals surface area contributed by atoms with Gasteiger partial charge < -0.3 is 0 Å². The van der Waals surface area contributed by atoms with Crippen LogP contribution >= 0.6 is 0 Å². The predicted molar refractivity (Wildman–Crippen MR) is 105 cm³/mol. The normalized spacial score (nSPS) is 16.4. The fourth-order valence-corrected chi connectivity index (χ4v) is 4.92. The van der Waals surface area contributed by atoms with Crippen LogP contribution in [0.25, 0.3) is 0 Å². The van der Waals surface area contributed by atoms with Gasteiger partial charge in [0.15, 0.2) is 0 Å². The van der Waals surface area contributed by atoms with Crippen molar-refractivity contribution in [3.63, 3.8) is 0 Å². The minimum atomic E-state index is -3.52. The summed E-state index contributed by atoms with van der Waals surface area (Å²) in [6, 6.07) is 5.19. The van der Waals surface area contributed by atoms with Crippen molar-refractivity contribution in [2.45, 2.75) is 39.3 Å². The Kier molecular flexibility index (Phi) is 5.55. The number of hydrogen-bond donors (Lipinski definition) is 0. The van der Waals surface area contributed by atoms with Crippen molar-refractivity contribution in [3.8, 4) is 0 Å². The van der Waals surface area contributed by atoms with Crippen LogP contribution in [0, 0.1) is 37.8 Å². The van der Waals surface area contributed by atoms with Gasteiger partial charge in [-0.15, -0.1) is 0 Å². The van der Waals surface area contributed by atoms with E-state index in [0.717, 1.165) is 11.1 Å². The maximum Gasteiger partial charge on any atom is 0.312 e. The molecule has 1 aromatic heterocycles. The lowest BCUT2D eigenvalue weighted by molar-refractivity contribution is -0.386. The Hall–Kier alpha value is -2.30. The van der Waals surface area contributed by atoms with Crippen LogP contribution in [0.15, 0.2) is 23.1 Å². The van der Waals surface area contributed by atoms with E-state index in [1.165, 1.54) is 4.31 Å². The molecule has 10 heteroatoms. The molecule has 2 heterocycles. The van der Waals surface area contributed by atoms with E-state index in [-0.39, 0.29) is 5.69 Å². The standard InChI is InChI=1S/C18H25N5O4S/c1-13-5-6-17(11-14(13)2)28(26,27)21-9-7-20(8-10-21)12-22-16(4)18(23(24)25)15(3)19-22/h5-6,11H,7-10,12H2,1-4H3. The zero-order chi connectivity index (χ0) is 20.6. The highest BCUT2D eigenvalue weighted by molar-refractivity contribution is 7.89. The zero-order valence-electron chi connectivity index (χ0n) is 16.5. The SMILES string of the molecule is Cc1ccc(S(=O)(=O)N2CCN(Cn3nc(C)c([N+](=O)[O-])c3C)CC2)cc1C. The lowest BCUT2D eigenvalue weighted by atomic mass is 10.1. The molecular weight excluding hydrogens is 382 g/mol. The number of nitro groups is 1. The van der Waals surface area contributed by atoms with E-state index in [2.05, 4.69) is 10.00 Å². The summed E-state index contributed by atoms with van der Waals surface area (Å²) in [6.07, 6.45) is 0. The first-order chi connectivity index (χ1) is 13.1. The van der Waals surface area contributed by atoms with E-state index in [1.807, 2.05) is 19.9 Å². The number of sulfonamides is 1. The molecule has 0 amide bonds. The number of aryl methyl sites for hydroxylation is 3. The van der Waals surface area contributed by atoms with Crippen LogP contribution in [0.4, 0.5) is 5.69 Å². The first-order valence-electron chi connectivity index (χ1n) is 9.09. The molecule has 0 spiro atoms. The number of benzene rings is 1. The molecular formula is C18H25N5O4S. The van der Waals surface area contributed by atoms with Gasteiger partial charge in [-0.05, 0) is 51.0 Å². The molecule has 0 atom stereocenters. The molecule has 0 N–H and O–H groups in total. The third-order valence-corrected chi connectivity index (χ3v) is 7.20. The fraction of sp³-hybridized carbons (Fsp3) is 0.500. The summed E-state index contributed by atoms with van der Waals surface area (Å²) >= 11 is 0. The Morgan fingerprint density at radius 1 is 1.07 bits per heavy atom. The summed E-state index contributed by atoms with van der Waals surface area (Å²) in [5, 5.41) is 15.4. The third kappa shape index (κ3) is 3.80. The van der Waals surface area contributed by atoms with Crippen molar-refractivity contribution < 1.29 is 13.3 Å². The van der Waals surface area contributed by atoms with Gasteiger partial charge in [0.05, 0.1) is 16.5 Å². The van der Waals surface area contributed by atoms with Gasteiger partial charge in [0.25, 0.3) is 0 Å². The Bertz CT molecular complexity index is 1010. The Morgan fingerprint density at radius 3 is 2.25 bits per heavy atom. The Morgan fingerprint density at radius 2 is 1.71 bits per heavy atom. The molecule has 1 aliphatic heterocycles. The second-order valence-electron chi connectivity index (χ2n) is 7.19. The van der Waals surface area contributed by atoms with Crippen LogP contribution in [0.5, 0.6) is 0 Å². The molecule has 1 aliphatic rings. The van der Waals surface area contributed by atoms with Crippen LogP contribution in [-0.2, 0) is 16.7 Å². The predicted octanol–water partition coefficient (Wildman–Crippen LogP) is 1.99. The topological polar surface area (TPSA) is 102 Å². The Labute approximate surface area is 164 Å². The monoisotopic (exact) mass is 407 g/mol. The number of piperazine rings is 1. The maximum absolute atomic E-state index is 12.9. The minimum absolute atomic E-state index is 0.0379. The molecule has 28 heavy (non-hydrogen) atoms. The van der Waals surface area contributed by atoms with Gasteiger partial charge in [-0.2, -0.15) is 9.40 Å². The van der Waals surface area contributed by atoms with E-state index in [4.69, 9.17) is 0 Å². The minimum Gasteiger partial charge on any atom is -0.282 e. The second-order valence-corrected chi connectivity index (χ2v) is 9.12. The van der Waals surface area contributed by atoms with Crippen molar-refractivity contribution in [2.24, 2.45) is 0 Å². The van der Waals surface area contributed by atoms with Crippen LogP contribution in [0.1, 0.15) is 22.5 Å². The summed E-state index contributed by atoms with van der Waals surface area (Å²) in [5.41, 5.74) is 2.94. The van der Waals surface area contributed by atoms with E-state index >= 15 is 0 Å². The molecule has 2 aromatic rings. The lowest BCUT2D eigenvalue weighted by Crippen LogP contribution is -2.49. The van der Waals surface area contributed by atoms with E-state index in [9.17, 15) is 18.5 Å². The van der Waals surface area contributed by atoms with Crippen LogP contribution in [-0.4, -0.2) is 58.5 Å². The molecule has 0 bridgehead atoms. The first kappa shape index (κ1) is 20.4. The highest BCUT2D eigenvalue weighted by atomic mass is 32.2. The van der Waals surface area contributed by atoms with Crippen molar-refractivity contribution >= 4 is 15.7 Å². The van der Waals surface area contributed by atoms with Crippen molar-refractivity contribution in [1.29, 1.82) is 0 Å². The van der Waals surface area contributed by atoms with Gasteiger partial charge in [0, 0.05) is 26.2 Å². The average molecular weight is 407 g/mol. The molecule has 1 aromatic carbocycles. The highest BCUT2D eigenvalue weighted by Crippen LogP contribution is 2.23. The van der Waals surface area contributed by atoms with Crippen molar-refractivity contribution in [3.05, 3.63) is 50.8 Å². The van der Waals surface area contributed by atoms with Gasteiger partial charge in [0.2, 0.25) is 10.0 Å². The lowest BCUT2D eigenvalue weighted by Gasteiger charge is -2.34. The van der Waals surface area contributed by atoms with Gasteiger partial charge in [-0.3, -0.25) is 15.0 Å². The van der Waals surface area contributed by atoms with Gasteiger partial charge in [-0.25, -0.2) is 13.1 Å². The molecule has 1 fully saturated rings. The van der Waals surface area contributed by atoms with Crippen LogP contribution in [0.2, 0.25) is 0 Å². The molecule has 3 rings (SSSR count). The van der Waals surface area contributed by atoms with Gasteiger partial charge >= 0.3 is 5.69 Å². The third-order valence-electron chi connectivity index (χ3n) is 5.31. The van der Waals surface area contributed by atoms with Crippen LogP contribution in [0.3, 0.4) is 0 Å².